The highest BCUT2D eigenvalue weighted by molar-refractivity contribution is 9.09. The lowest BCUT2D eigenvalue weighted by Crippen LogP contribution is -2.01. The first-order valence-corrected chi connectivity index (χ1v) is 7.20. The van der Waals surface area contributed by atoms with E-state index in [0.29, 0.717) is 0 Å². The lowest BCUT2D eigenvalue weighted by Gasteiger charge is -2.08. The molecule has 0 bridgehead atoms. The minimum absolute atomic E-state index is 0.0262. The van der Waals surface area contributed by atoms with Gasteiger partial charge < -0.3 is 4.74 Å². The van der Waals surface area contributed by atoms with Gasteiger partial charge in [0.15, 0.2) is 5.01 Å². The molecule has 17 heavy (non-hydrogen) atoms. The molecule has 0 saturated carbocycles. The highest BCUT2D eigenvalue weighted by Crippen LogP contribution is 2.39. The summed E-state index contributed by atoms with van der Waals surface area (Å²) in [6, 6.07) is 14.7. The van der Waals surface area contributed by atoms with Gasteiger partial charge in [-0.15, -0.1) is 11.3 Å². The maximum Gasteiger partial charge on any atom is 0.150 e. The fraction of sp³-hybridized carbons (Fsp3) is 0.143. The van der Waals surface area contributed by atoms with Gasteiger partial charge in [-0.2, -0.15) is 0 Å². The summed E-state index contributed by atoms with van der Waals surface area (Å²) in [5.74, 6) is 0.952. The molecule has 0 radical (unpaired) electrons. The van der Waals surface area contributed by atoms with E-state index in [1.807, 2.05) is 19.1 Å². The number of halogens is 1. The maximum atomic E-state index is 5.78. The molecule has 0 fully saturated rings. The molecule has 3 aromatic rings. The van der Waals surface area contributed by atoms with E-state index in [9.17, 15) is 0 Å². The van der Waals surface area contributed by atoms with Crippen LogP contribution in [0.3, 0.4) is 0 Å². The summed E-state index contributed by atoms with van der Waals surface area (Å²) in [6.45, 7) is 1.98. The fourth-order valence-electron chi connectivity index (χ4n) is 1.99. The summed E-state index contributed by atoms with van der Waals surface area (Å²) in [5, 5.41) is 2.61. The molecule has 1 aromatic heterocycles. The Morgan fingerprint density at radius 1 is 1.06 bits per heavy atom. The Labute approximate surface area is 112 Å². The highest BCUT2D eigenvalue weighted by atomic mass is 79.9. The number of hydrogen-bond acceptors (Lipinski definition) is 2. The van der Waals surface area contributed by atoms with Crippen LogP contribution in [0.2, 0.25) is 0 Å². The van der Waals surface area contributed by atoms with E-state index in [-0.39, 0.29) is 5.01 Å². The second-order valence-corrected chi connectivity index (χ2v) is 6.23. The number of thiophene rings is 1. The average molecular weight is 307 g/mol. The Hall–Kier alpha value is -1.06. The van der Waals surface area contributed by atoms with Crippen molar-refractivity contribution in [2.45, 2.75) is 11.9 Å². The minimum atomic E-state index is 0.0262. The van der Waals surface area contributed by atoms with Gasteiger partial charge in [-0.25, -0.2) is 0 Å². The molecule has 1 nitrogen and oxygen atoms in total. The molecular formula is C14H11BrOS. The number of alkyl halides is 1. The van der Waals surface area contributed by atoms with E-state index in [1.165, 1.54) is 20.2 Å². The predicted molar refractivity (Wildman–Crippen MR) is 78.3 cm³/mol. The van der Waals surface area contributed by atoms with Crippen molar-refractivity contribution in [2.24, 2.45) is 0 Å². The molecule has 3 heteroatoms. The van der Waals surface area contributed by atoms with Gasteiger partial charge in [0, 0.05) is 15.5 Å². The third-order valence-corrected chi connectivity index (χ3v) is 4.05. The molecule has 1 atom stereocenters. The Morgan fingerprint density at radius 3 is 2.65 bits per heavy atom. The van der Waals surface area contributed by atoms with Crippen LogP contribution in [0.25, 0.3) is 20.2 Å². The second kappa shape index (κ2) is 4.31. The van der Waals surface area contributed by atoms with Crippen LogP contribution in [0, 0.1) is 0 Å². The van der Waals surface area contributed by atoms with Crippen LogP contribution in [0.5, 0.6) is 5.75 Å². The van der Waals surface area contributed by atoms with Crippen LogP contribution < -0.4 is 4.74 Å². The van der Waals surface area contributed by atoms with Gasteiger partial charge in [-0.3, -0.25) is 0 Å². The lowest BCUT2D eigenvalue weighted by atomic mass is 10.1. The van der Waals surface area contributed by atoms with Crippen molar-refractivity contribution in [3.8, 4) is 5.75 Å². The van der Waals surface area contributed by atoms with Crippen molar-refractivity contribution in [2.75, 3.05) is 0 Å². The Balaban J connectivity index is 2.31. The van der Waals surface area contributed by atoms with Crippen molar-refractivity contribution >= 4 is 47.4 Å². The van der Waals surface area contributed by atoms with Crippen molar-refractivity contribution in [1.82, 2.24) is 0 Å². The van der Waals surface area contributed by atoms with Crippen LogP contribution >= 0.6 is 27.3 Å². The van der Waals surface area contributed by atoms with Crippen LogP contribution in [0.4, 0.5) is 0 Å². The zero-order valence-electron chi connectivity index (χ0n) is 9.31. The molecule has 0 spiro atoms. The molecule has 0 aliphatic rings. The quantitative estimate of drug-likeness (QED) is 0.593. The van der Waals surface area contributed by atoms with Crippen LogP contribution in [0.1, 0.15) is 6.92 Å². The number of fused-ring (bicyclic) bond motifs is 3. The molecule has 2 aromatic carbocycles. The maximum absolute atomic E-state index is 5.78. The van der Waals surface area contributed by atoms with Gasteiger partial charge in [0.1, 0.15) is 5.75 Å². The smallest absolute Gasteiger partial charge is 0.150 e. The fourth-order valence-corrected chi connectivity index (χ4v) is 3.35. The minimum Gasteiger partial charge on any atom is -0.478 e. The monoisotopic (exact) mass is 306 g/mol. The number of benzene rings is 2. The van der Waals surface area contributed by atoms with Crippen LogP contribution in [-0.4, -0.2) is 5.01 Å². The Bertz CT molecular complexity index is 672. The van der Waals surface area contributed by atoms with Gasteiger partial charge in [0.05, 0.1) is 4.70 Å². The van der Waals surface area contributed by atoms with Gasteiger partial charge in [-0.1, -0.05) is 30.3 Å². The van der Waals surface area contributed by atoms with Gasteiger partial charge >= 0.3 is 0 Å². The summed E-state index contributed by atoms with van der Waals surface area (Å²) in [4.78, 5) is 0. The normalized spacial score (nSPS) is 13.1. The zero-order valence-corrected chi connectivity index (χ0v) is 11.7. The first kappa shape index (κ1) is 11.1. The second-order valence-electron chi connectivity index (χ2n) is 3.89. The third kappa shape index (κ3) is 1.94. The average Bonchev–Trinajstić information content (AvgIpc) is 2.68. The van der Waals surface area contributed by atoms with Gasteiger partial charge in [0.2, 0.25) is 0 Å². The van der Waals surface area contributed by atoms with E-state index in [4.69, 9.17) is 4.74 Å². The molecule has 1 unspecified atom stereocenters. The summed E-state index contributed by atoms with van der Waals surface area (Å²) in [5.41, 5.74) is 0. The van der Waals surface area contributed by atoms with Crippen LogP contribution in [0.15, 0.2) is 42.5 Å². The molecule has 0 saturated heterocycles. The largest absolute Gasteiger partial charge is 0.478 e. The summed E-state index contributed by atoms with van der Waals surface area (Å²) >= 11 is 5.21. The van der Waals surface area contributed by atoms with E-state index in [2.05, 4.69) is 46.3 Å². The van der Waals surface area contributed by atoms with Crippen molar-refractivity contribution < 1.29 is 4.74 Å². The highest BCUT2D eigenvalue weighted by Gasteiger charge is 2.10. The molecule has 1 heterocycles. The lowest BCUT2D eigenvalue weighted by molar-refractivity contribution is 0.318. The Morgan fingerprint density at radius 2 is 1.82 bits per heavy atom. The predicted octanol–water partition coefficient (Wildman–Crippen LogP) is 5.17. The first-order chi connectivity index (χ1) is 8.25. The summed E-state index contributed by atoms with van der Waals surface area (Å²) in [6.07, 6.45) is 0. The van der Waals surface area contributed by atoms with Crippen molar-refractivity contribution in [3.05, 3.63) is 42.5 Å². The van der Waals surface area contributed by atoms with Gasteiger partial charge in [0.25, 0.3) is 0 Å². The van der Waals surface area contributed by atoms with Crippen molar-refractivity contribution in [3.63, 3.8) is 0 Å². The van der Waals surface area contributed by atoms with E-state index < -0.39 is 0 Å². The SMILES string of the molecule is CC(Br)Oc1cccc2c1sc1ccccc12. The Kier molecular flexibility index (Phi) is 2.81. The molecule has 0 aliphatic heterocycles. The van der Waals surface area contributed by atoms with Crippen molar-refractivity contribution in [1.29, 1.82) is 0 Å². The molecule has 0 aliphatic carbocycles. The molecule has 86 valence electrons. The van der Waals surface area contributed by atoms with E-state index >= 15 is 0 Å². The zero-order chi connectivity index (χ0) is 11.8. The topological polar surface area (TPSA) is 9.23 Å². The number of rotatable bonds is 2. The van der Waals surface area contributed by atoms with Crippen LogP contribution in [-0.2, 0) is 0 Å². The first-order valence-electron chi connectivity index (χ1n) is 5.47. The number of ether oxygens (including phenoxy) is 1. The summed E-state index contributed by atoms with van der Waals surface area (Å²) in [7, 11) is 0. The molecule has 0 amide bonds. The summed E-state index contributed by atoms with van der Waals surface area (Å²) < 4.78 is 8.31. The number of hydrogen-bond donors (Lipinski definition) is 0. The third-order valence-electron chi connectivity index (χ3n) is 2.66. The van der Waals surface area contributed by atoms with Gasteiger partial charge in [-0.05, 0) is 35.0 Å². The van der Waals surface area contributed by atoms with E-state index in [1.54, 1.807) is 11.3 Å². The molecular weight excluding hydrogens is 296 g/mol. The standard InChI is InChI=1S/C14H11BrOS/c1-9(15)16-12-7-4-6-11-10-5-2-3-8-13(10)17-14(11)12/h2-9H,1H3. The molecule has 3 rings (SSSR count). The van der Waals surface area contributed by atoms with E-state index in [0.717, 1.165) is 5.75 Å². The molecule has 0 N–H and O–H groups in total.